The quantitative estimate of drug-likeness (QED) is 0.579. The number of nitrogens with zero attached hydrogens (tertiary/aromatic N) is 2. The fourth-order valence-electron chi connectivity index (χ4n) is 2.25. The Balaban J connectivity index is 2.62. The summed E-state index contributed by atoms with van der Waals surface area (Å²) in [5.74, 6) is 0.790. The van der Waals surface area contributed by atoms with Gasteiger partial charge >= 0.3 is 0 Å². The molecule has 0 spiro atoms. The van der Waals surface area contributed by atoms with Crippen molar-refractivity contribution in [3.8, 4) is 0 Å². The minimum atomic E-state index is 0.0221. The molecular formula is C16H32N4OS. The molecule has 6 heteroatoms. The zero-order chi connectivity index (χ0) is 16.6. The first kappa shape index (κ1) is 19.1. The molecule has 0 atom stereocenters. The van der Waals surface area contributed by atoms with Crippen molar-refractivity contribution >= 4 is 23.6 Å². The lowest BCUT2D eigenvalue weighted by molar-refractivity contribution is -0.127. The average molecular weight is 329 g/mol. The molecule has 1 amide bonds. The first-order valence-electron chi connectivity index (χ1n) is 8.14. The van der Waals surface area contributed by atoms with Crippen molar-refractivity contribution in [2.24, 2.45) is 4.99 Å². The summed E-state index contributed by atoms with van der Waals surface area (Å²) in [5.41, 5.74) is 0. The van der Waals surface area contributed by atoms with Crippen LogP contribution in [0.15, 0.2) is 4.99 Å². The van der Waals surface area contributed by atoms with Crippen LogP contribution in [0.2, 0.25) is 0 Å². The summed E-state index contributed by atoms with van der Waals surface area (Å²) in [6.07, 6.45) is 8.37. The van der Waals surface area contributed by atoms with Crippen LogP contribution in [0.5, 0.6) is 0 Å². The first-order valence-corrected chi connectivity index (χ1v) is 9.36. The number of rotatable bonds is 6. The number of nitrogens with one attached hydrogen (secondary N) is 2. The summed E-state index contributed by atoms with van der Waals surface area (Å²) in [7, 11) is 3.52. The van der Waals surface area contributed by atoms with E-state index in [1.807, 2.05) is 11.8 Å². The van der Waals surface area contributed by atoms with E-state index in [2.05, 4.69) is 35.7 Å². The van der Waals surface area contributed by atoms with Crippen LogP contribution in [0.1, 0.15) is 46.0 Å². The van der Waals surface area contributed by atoms with Crippen LogP contribution in [0.25, 0.3) is 0 Å². The summed E-state index contributed by atoms with van der Waals surface area (Å²) in [5, 5.41) is 6.91. The van der Waals surface area contributed by atoms with Crippen molar-refractivity contribution in [2.75, 3.05) is 33.4 Å². The number of hydrogen-bond donors (Lipinski definition) is 2. The molecule has 1 aliphatic carbocycles. The van der Waals surface area contributed by atoms with Gasteiger partial charge in [0, 0.05) is 31.4 Å². The van der Waals surface area contributed by atoms with Crippen molar-refractivity contribution in [2.45, 2.75) is 56.7 Å². The molecule has 0 aromatic rings. The topological polar surface area (TPSA) is 56.7 Å². The lowest BCUT2D eigenvalue weighted by atomic mass is 9.96. The molecule has 1 rings (SSSR count). The van der Waals surface area contributed by atoms with Crippen LogP contribution in [0.3, 0.4) is 0 Å². The van der Waals surface area contributed by atoms with Crippen molar-refractivity contribution in [3.05, 3.63) is 0 Å². The highest BCUT2D eigenvalue weighted by atomic mass is 32.2. The van der Waals surface area contributed by atoms with E-state index < -0.39 is 0 Å². The standard InChI is InChI=1S/C16H32N4OS/c1-16(2,22-5)12-18-15(17-11-14(21)20(3)4)19-13-9-7-6-8-10-13/h13H,6-12H2,1-5H3,(H2,17,18,19). The molecule has 128 valence electrons. The van der Waals surface area contributed by atoms with Gasteiger partial charge in [-0.3, -0.25) is 4.79 Å². The third-order valence-electron chi connectivity index (χ3n) is 4.05. The molecule has 0 aromatic carbocycles. The number of amides is 1. The van der Waals surface area contributed by atoms with Crippen LogP contribution in [0.4, 0.5) is 0 Å². The number of carbonyl (C=O) groups is 1. The number of likely N-dealkylation sites (N-methyl/N-ethyl adjacent to an activating group) is 1. The maximum Gasteiger partial charge on any atom is 0.243 e. The average Bonchev–Trinajstić information content (AvgIpc) is 2.50. The maximum absolute atomic E-state index is 11.8. The van der Waals surface area contributed by atoms with E-state index in [0.717, 1.165) is 12.5 Å². The Hall–Kier alpha value is -0.910. The smallest absolute Gasteiger partial charge is 0.243 e. The molecule has 0 heterocycles. The summed E-state index contributed by atoms with van der Waals surface area (Å²) in [6.45, 7) is 5.42. The number of thioether (sulfide) groups is 1. The van der Waals surface area contributed by atoms with Crippen molar-refractivity contribution in [3.63, 3.8) is 0 Å². The molecule has 1 saturated carbocycles. The number of guanidine groups is 1. The van der Waals surface area contributed by atoms with Gasteiger partial charge in [-0.2, -0.15) is 11.8 Å². The highest BCUT2D eigenvalue weighted by Gasteiger charge is 2.19. The van der Waals surface area contributed by atoms with E-state index in [4.69, 9.17) is 0 Å². The fraction of sp³-hybridized carbons (Fsp3) is 0.875. The van der Waals surface area contributed by atoms with Gasteiger partial charge in [0.15, 0.2) is 5.96 Å². The van der Waals surface area contributed by atoms with Gasteiger partial charge in [-0.1, -0.05) is 19.3 Å². The summed E-state index contributed by atoms with van der Waals surface area (Å²) in [6, 6.07) is 0.479. The normalized spacial score (nSPS) is 17.2. The molecule has 0 unspecified atom stereocenters. The molecule has 0 saturated heterocycles. The predicted octanol–water partition coefficient (Wildman–Crippen LogP) is 2.08. The van der Waals surface area contributed by atoms with Gasteiger partial charge in [0.2, 0.25) is 5.91 Å². The first-order chi connectivity index (χ1) is 10.3. The van der Waals surface area contributed by atoms with Gasteiger partial charge in [-0.15, -0.1) is 0 Å². The van der Waals surface area contributed by atoms with E-state index in [9.17, 15) is 4.79 Å². The van der Waals surface area contributed by atoms with Crippen molar-refractivity contribution < 1.29 is 4.79 Å². The van der Waals surface area contributed by atoms with Gasteiger partial charge in [0.1, 0.15) is 6.54 Å². The second-order valence-corrected chi connectivity index (χ2v) is 8.26. The Bertz CT molecular complexity index is 376. The number of hydrogen-bond acceptors (Lipinski definition) is 3. The molecule has 0 aromatic heterocycles. The second kappa shape index (κ2) is 9.28. The van der Waals surface area contributed by atoms with E-state index in [0.29, 0.717) is 6.04 Å². The second-order valence-electron chi connectivity index (χ2n) is 6.75. The minimum Gasteiger partial charge on any atom is -0.355 e. The predicted molar refractivity (Wildman–Crippen MR) is 96.6 cm³/mol. The molecule has 0 radical (unpaired) electrons. The fourth-order valence-corrected chi connectivity index (χ4v) is 2.47. The van der Waals surface area contributed by atoms with Gasteiger partial charge < -0.3 is 15.5 Å². The third-order valence-corrected chi connectivity index (χ3v) is 5.30. The summed E-state index contributed by atoms with van der Waals surface area (Å²) in [4.78, 5) is 17.8. The van der Waals surface area contributed by atoms with Crippen LogP contribution < -0.4 is 10.6 Å². The highest BCUT2D eigenvalue weighted by molar-refractivity contribution is 7.99. The molecule has 22 heavy (non-hydrogen) atoms. The van der Waals surface area contributed by atoms with Crippen LogP contribution in [-0.2, 0) is 4.79 Å². The van der Waals surface area contributed by atoms with E-state index in [-0.39, 0.29) is 17.2 Å². The summed E-state index contributed by atoms with van der Waals surface area (Å²) < 4.78 is 0.139. The Morgan fingerprint density at radius 3 is 2.45 bits per heavy atom. The van der Waals surface area contributed by atoms with Crippen LogP contribution in [-0.4, -0.2) is 61.0 Å². The van der Waals surface area contributed by atoms with E-state index >= 15 is 0 Å². The van der Waals surface area contributed by atoms with Crippen LogP contribution in [0, 0.1) is 0 Å². The lowest BCUT2D eigenvalue weighted by Gasteiger charge is -2.28. The van der Waals surface area contributed by atoms with Crippen molar-refractivity contribution in [1.82, 2.24) is 15.5 Å². The van der Waals surface area contributed by atoms with E-state index in [1.165, 1.54) is 32.1 Å². The summed E-state index contributed by atoms with van der Waals surface area (Å²) >= 11 is 1.82. The van der Waals surface area contributed by atoms with Gasteiger partial charge in [-0.05, 0) is 32.9 Å². The monoisotopic (exact) mass is 328 g/mol. The zero-order valence-electron chi connectivity index (χ0n) is 14.7. The SMILES string of the molecule is CSC(C)(C)CNC(=NCC(=O)N(C)C)NC1CCCCC1. The van der Waals surface area contributed by atoms with Crippen molar-refractivity contribution in [1.29, 1.82) is 0 Å². The van der Waals surface area contributed by atoms with Gasteiger partial charge in [-0.25, -0.2) is 4.99 Å². The maximum atomic E-state index is 11.8. The number of carbonyl (C=O) groups excluding carboxylic acids is 1. The van der Waals surface area contributed by atoms with Gasteiger partial charge in [0.25, 0.3) is 0 Å². The Morgan fingerprint density at radius 2 is 1.91 bits per heavy atom. The minimum absolute atomic E-state index is 0.0221. The molecule has 1 fully saturated rings. The highest BCUT2D eigenvalue weighted by Crippen LogP contribution is 2.20. The van der Waals surface area contributed by atoms with E-state index in [1.54, 1.807) is 19.0 Å². The largest absolute Gasteiger partial charge is 0.355 e. The third kappa shape index (κ3) is 7.38. The Labute approximate surface area is 139 Å². The molecule has 5 nitrogen and oxygen atoms in total. The molecule has 1 aliphatic rings. The molecule has 0 bridgehead atoms. The molecule has 2 N–H and O–H groups in total. The van der Waals surface area contributed by atoms with Gasteiger partial charge in [0.05, 0.1) is 0 Å². The Kier molecular flexibility index (Phi) is 8.07. The lowest BCUT2D eigenvalue weighted by Crippen LogP contribution is -2.48. The zero-order valence-corrected chi connectivity index (χ0v) is 15.6. The number of aliphatic imine (C=N–C) groups is 1. The molecule has 0 aliphatic heterocycles. The molecular weight excluding hydrogens is 296 g/mol. The Morgan fingerprint density at radius 1 is 1.27 bits per heavy atom. The van der Waals surface area contributed by atoms with Crippen LogP contribution >= 0.6 is 11.8 Å².